The Bertz CT molecular complexity index is 441. The molecule has 3 nitrogen and oxygen atoms in total. The molecule has 2 aromatic rings. The Morgan fingerprint density at radius 1 is 1.50 bits per heavy atom. The van der Waals surface area contributed by atoms with Crippen molar-refractivity contribution in [3.63, 3.8) is 0 Å². The van der Waals surface area contributed by atoms with Crippen molar-refractivity contribution in [3.8, 4) is 0 Å². The minimum atomic E-state index is 0.181. The normalized spacial score (nSPS) is 11.0. The van der Waals surface area contributed by atoms with Gasteiger partial charge in [0.2, 0.25) is 0 Å². The SMILES string of the molecule is Cc1csc2c(SCCO)ncnc12. The van der Waals surface area contributed by atoms with Crippen LogP contribution in [-0.2, 0) is 0 Å². The van der Waals surface area contributed by atoms with Gasteiger partial charge in [-0.3, -0.25) is 0 Å². The molecule has 2 aromatic heterocycles. The van der Waals surface area contributed by atoms with Gasteiger partial charge in [0.05, 0.1) is 16.8 Å². The van der Waals surface area contributed by atoms with E-state index in [2.05, 4.69) is 15.3 Å². The van der Waals surface area contributed by atoms with E-state index in [9.17, 15) is 0 Å². The van der Waals surface area contributed by atoms with Crippen LogP contribution in [0.4, 0.5) is 0 Å². The van der Waals surface area contributed by atoms with Gasteiger partial charge in [-0.05, 0) is 17.9 Å². The Morgan fingerprint density at radius 3 is 3.14 bits per heavy atom. The maximum absolute atomic E-state index is 8.74. The number of aromatic nitrogens is 2. The van der Waals surface area contributed by atoms with Crippen LogP contribution in [0.3, 0.4) is 0 Å². The van der Waals surface area contributed by atoms with Gasteiger partial charge in [-0.1, -0.05) is 0 Å². The first-order chi connectivity index (χ1) is 6.83. The predicted molar refractivity (Wildman–Crippen MR) is 60.0 cm³/mol. The van der Waals surface area contributed by atoms with Gasteiger partial charge < -0.3 is 5.11 Å². The highest BCUT2D eigenvalue weighted by Crippen LogP contribution is 2.30. The summed E-state index contributed by atoms with van der Waals surface area (Å²) in [6.45, 7) is 2.23. The van der Waals surface area contributed by atoms with Crippen LogP contribution < -0.4 is 0 Å². The Morgan fingerprint density at radius 2 is 2.36 bits per heavy atom. The molecule has 74 valence electrons. The summed E-state index contributed by atoms with van der Waals surface area (Å²) >= 11 is 3.24. The summed E-state index contributed by atoms with van der Waals surface area (Å²) in [5.41, 5.74) is 2.23. The van der Waals surface area contributed by atoms with E-state index in [4.69, 9.17) is 5.11 Å². The predicted octanol–water partition coefficient (Wildman–Crippen LogP) is 2.08. The second-order valence-corrected chi connectivity index (χ2v) is 4.81. The molecule has 0 radical (unpaired) electrons. The molecule has 0 spiro atoms. The first kappa shape index (κ1) is 9.89. The lowest BCUT2D eigenvalue weighted by Crippen LogP contribution is -1.89. The Balaban J connectivity index is 2.44. The van der Waals surface area contributed by atoms with Gasteiger partial charge in [0.15, 0.2) is 0 Å². The van der Waals surface area contributed by atoms with Gasteiger partial charge in [-0.25, -0.2) is 9.97 Å². The number of thioether (sulfide) groups is 1. The smallest absolute Gasteiger partial charge is 0.117 e. The summed E-state index contributed by atoms with van der Waals surface area (Å²) < 4.78 is 1.13. The number of aliphatic hydroxyl groups is 1. The van der Waals surface area contributed by atoms with Crippen LogP contribution in [0.2, 0.25) is 0 Å². The highest BCUT2D eigenvalue weighted by molar-refractivity contribution is 7.99. The number of aryl methyl sites for hydroxylation is 1. The molecule has 0 aliphatic rings. The van der Waals surface area contributed by atoms with Crippen LogP contribution in [0.1, 0.15) is 5.56 Å². The second kappa shape index (κ2) is 4.25. The fourth-order valence-electron chi connectivity index (χ4n) is 1.19. The average Bonchev–Trinajstić information content (AvgIpc) is 2.58. The van der Waals surface area contributed by atoms with Crippen molar-refractivity contribution < 1.29 is 5.11 Å². The molecule has 1 N–H and O–H groups in total. The molecule has 14 heavy (non-hydrogen) atoms. The molecule has 0 unspecified atom stereocenters. The average molecular weight is 226 g/mol. The van der Waals surface area contributed by atoms with Crippen LogP contribution in [0.25, 0.3) is 10.2 Å². The number of hydrogen-bond acceptors (Lipinski definition) is 5. The summed E-state index contributed by atoms with van der Waals surface area (Å²) in [6.07, 6.45) is 1.59. The largest absolute Gasteiger partial charge is 0.396 e. The van der Waals surface area contributed by atoms with Crippen LogP contribution >= 0.6 is 23.1 Å². The van der Waals surface area contributed by atoms with Crippen molar-refractivity contribution in [3.05, 3.63) is 17.3 Å². The third-order valence-corrected chi connectivity index (χ3v) is 4.02. The van der Waals surface area contributed by atoms with Crippen LogP contribution in [-0.4, -0.2) is 27.4 Å². The van der Waals surface area contributed by atoms with Crippen molar-refractivity contribution in [1.29, 1.82) is 0 Å². The van der Waals surface area contributed by atoms with Crippen molar-refractivity contribution in [2.45, 2.75) is 11.9 Å². The van der Waals surface area contributed by atoms with Crippen molar-refractivity contribution in [1.82, 2.24) is 9.97 Å². The van der Waals surface area contributed by atoms with E-state index in [1.54, 1.807) is 29.4 Å². The first-order valence-electron chi connectivity index (χ1n) is 4.25. The van der Waals surface area contributed by atoms with E-state index >= 15 is 0 Å². The molecule has 0 aliphatic carbocycles. The van der Waals surface area contributed by atoms with Gasteiger partial charge in [0.1, 0.15) is 11.4 Å². The van der Waals surface area contributed by atoms with Crippen molar-refractivity contribution in [2.75, 3.05) is 12.4 Å². The third kappa shape index (κ3) is 1.75. The topological polar surface area (TPSA) is 46.0 Å². The number of thiophene rings is 1. The summed E-state index contributed by atoms with van der Waals surface area (Å²) in [4.78, 5) is 8.44. The fourth-order valence-corrected chi connectivity index (χ4v) is 3.03. The van der Waals surface area contributed by atoms with E-state index in [0.29, 0.717) is 5.75 Å². The number of aliphatic hydroxyl groups excluding tert-OH is 1. The molecule has 2 rings (SSSR count). The molecule has 0 aliphatic heterocycles. The minimum Gasteiger partial charge on any atom is -0.396 e. The maximum Gasteiger partial charge on any atom is 0.117 e. The van der Waals surface area contributed by atoms with E-state index in [1.807, 2.05) is 6.92 Å². The van der Waals surface area contributed by atoms with Crippen LogP contribution in [0.15, 0.2) is 16.7 Å². The molecule has 0 bridgehead atoms. The van der Waals surface area contributed by atoms with E-state index in [-0.39, 0.29) is 6.61 Å². The monoisotopic (exact) mass is 226 g/mol. The highest BCUT2D eigenvalue weighted by Gasteiger charge is 2.07. The molecular formula is C9H10N2OS2. The number of fused-ring (bicyclic) bond motifs is 1. The van der Waals surface area contributed by atoms with E-state index in [0.717, 1.165) is 15.2 Å². The zero-order valence-electron chi connectivity index (χ0n) is 7.73. The zero-order chi connectivity index (χ0) is 9.97. The molecule has 0 atom stereocenters. The Hall–Kier alpha value is -0.650. The fraction of sp³-hybridized carbons (Fsp3) is 0.333. The van der Waals surface area contributed by atoms with Crippen LogP contribution in [0.5, 0.6) is 0 Å². The van der Waals surface area contributed by atoms with Gasteiger partial charge in [-0.15, -0.1) is 23.1 Å². The number of rotatable bonds is 3. The first-order valence-corrected chi connectivity index (χ1v) is 6.12. The van der Waals surface area contributed by atoms with Gasteiger partial charge >= 0.3 is 0 Å². The molecular weight excluding hydrogens is 216 g/mol. The van der Waals surface area contributed by atoms with Crippen LogP contribution in [0, 0.1) is 6.92 Å². The molecule has 5 heteroatoms. The van der Waals surface area contributed by atoms with Gasteiger partial charge in [0.25, 0.3) is 0 Å². The van der Waals surface area contributed by atoms with E-state index < -0.39 is 0 Å². The highest BCUT2D eigenvalue weighted by atomic mass is 32.2. The van der Waals surface area contributed by atoms with Gasteiger partial charge in [-0.2, -0.15) is 0 Å². The van der Waals surface area contributed by atoms with Gasteiger partial charge in [0, 0.05) is 5.75 Å². The van der Waals surface area contributed by atoms with Crippen molar-refractivity contribution in [2.24, 2.45) is 0 Å². The Kier molecular flexibility index (Phi) is 3.00. The van der Waals surface area contributed by atoms with Crippen molar-refractivity contribution >= 4 is 33.3 Å². The molecule has 2 heterocycles. The lowest BCUT2D eigenvalue weighted by molar-refractivity contribution is 0.322. The summed E-state index contributed by atoms with van der Waals surface area (Å²) in [5, 5.41) is 11.8. The quantitative estimate of drug-likeness (QED) is 0.643. The molecule has 0 fully saturated rings. The second-order valence-electron chi connectivity index (χ2n) is 2.85. The van der Waals surface area contributed by atoms with E-state index in [1.165, 1.54) is 5.56 Å². The third-order valence-electron chi connectivity index (χ3n) is 1.83. The maximum atomic E-state index is 8.74. The number of hydrogen-bond donors (Lipinski definition) is 1. The molecule has 0 aromatic carbocycles. The zero-order valence-corrected chi connectivity index (χ0v) is 9.36. The standard InChI is InChI=1S/C9H10N2OS2/c1-6-4-14-8-7(6)10-5-11-9(8)13-3-2-12/h4-5,12H,2-3H2,1H3. The number of nitrogens with zero attached hydrogens (tertiary/aromatic N) is 2. The summed E-state index contributed by atoms with van der Waals surface area (Å²) in [5.74, 6) is 0.684. The minimum absolute atomic E-state index is 0.181. The lowest BCUT2D eigenvalue weighted by atomic mass is 10.3. The summed E-state index contributed by atoms with van der Waals surface area (Å²) in [6, 6.07) is 0. The summed E-state index contributed by atoms with van der Waals surface area (Å²) in [7, 11) is 0. The molecule has 0 saturated carbocycles. The molecule has 0 amide bonds. The lowest BCUT2D eigenvalue weighted by Gasteiger charge is -1.99. The molecule has 0 saturated heterocycles. The Labute approximate surface area is 90.2 Å².